The number of nitrogens with zero attached hydrogens (tertiary/aromatic N) is 4. The lowest BCUT2D eigenvalue weighted by molar-refractivity contribution is 0.0700. The number of nitrogens with one attached hydrogen (secondary N) is 1. The van der Waals surface area contributed by atoms with Gasteiger partial charge in [0.1, 0.15) is 5.69 Å². The quantitative estimate of drug-likeness (QED) is 0.768. The van der Waals surface area contributed by atoms with Gasteiger partial charge in [-0.1, -0.05) is 23.7 Å². The standard InChI is InChI=1S/C19H18ClN5O/c20-15-5-1-3-13(11-15)17-18(22-9-8-21-17)14-4-2-10-25(12-14)19(26)16-6-7-23-24-16/h1,3,5-9,11,14H,2,4,10,12H2,(H,23,24). The molecule has 26 heavy (non-hydrogen) atoms. The second-order valence-corrected chi connectivity index (χ2v) is 6.80. The van der Waals surface area contributed by atoms with Gasteiger partial charge in [0, 0.05) is 48.2 Å². The zero-order valence-electron chi connectivity index (χ0n) is 14.1. The van der Waals surface area contributed by atoms with Crippen LogP contribution in [0.25, 0.3) is 11.3 Å². The topological polar surface area (TPSA) is 74.8 Å². The minimum atomic E-state index is -0.0274. The smallest absolute Gasteiger partial charge is 0.271 e. The van der Waals surface area contributed by atoms with Crippen LogP contribution in [0.1, 0.15) is 34.9 Å². The summed E-state index contributed by atoms with van der Waals surface area (Å²) in [5.74, 6) is 0.110. The Labute approximate surface area is 156 Å². The molecule has 0 aliphatic carbocycles. The summed E-state index contributed by atoms with van der Waals surface area (Å²) in [4.78, 5) is 23.6. The fourth-order valence-corrected chi connectivity index (χ4v) is 3.63. The normalized spacial score (nSPS) is 17.3. The minimum Gasteiger partial charge on any atom is -0.337 e. The molecule has 1 atom stereocenters. The molecule has 1 saturated heterocycles. The van der Waals surface area contributed by atoms with Crippen molar-refractivity contribution in [3.8, 4) is 11.3 Å². The molecule has 1 N–H and O–H groups in total. The van der Waals surface area contributed by atoms with Crippen molar-refractivity contribution in [3.05, 3.63) is 65.3 Å². The van der Waals surface area contributed by atoms with Crippen molar-refractivity contribution in [2.75, 3.05) is 13.1 Å². The average molecular weight is 368 g/mol. The molecular formula is C19H18ClN5O. The molecule has 4 rings (SSSR count). The Balaban J connectivity index is 1.62. The molecular weight excluding hydrogens is 350 g/mol. The highest BCUT2D eigenvalue weighted by molar-refractivity contribution is 6.30. The van der Waals surface area contributed by atoms with E-state index in [0.29, 0.717) is 17.3 Å². The SMILES string of the molecule is O=C(c1ccn[nH]1)N1CCCC(c2nccnc2-c2cccc(Cl)c2)C1. The van der Waals surface area contributed by atoms with Gasteiger partial charge in [-0.3, -0.25) is 19.9 Å². The lowest BCUT2D eigenvalue weighted by Gasteiger charge is -2.32. The van der Waals surface area contributed by atoms with Gasteiger partial charge in [0.05, 0.1) is 11.4 Å². The van der Waals surface area contributed by atoms with Gasteiger partial charge in [-0.15, -0.1) is 0 Å². The Morgan fingerprint density at radius 3 is 2.88 bits per heavy atom. The van der Waals surface area contributed by atoms with E-state index >= 15 is 0 Å². The highest BCUT2D eigenvalue weighted by atomic mass is 35.5. The zero-order valence-corrected chi connectivity index (χ0v) is 14.9. The number of carbonyl (C=O) groups excluding carboxylic acids is 1. The molecule has 1 aromatic carbocycles. The molecule has 1 amide bonds. The van der Waals surface area contributed by atoms with Crippen molar-refractivity contribution in [2.45, 2.75) is 18.8 Å². The lowest BCUT2D eigenvalue weighted by atomic mass is 9.91. The predicted octanol–water partition coefficient (Wildman–Crippen LogP) is 3.54. The number of hydrogen-bond acceptors (Lipinski definition) is 4. The third-order valence-corrected chi connectivity index (χ3v) is 4.89. The maximum absolute atomic E-state index is 12.6. The van der Waals surface area contributed by atoms with Crippen molar-refractivity contribution < 1.29 is 4.79 Å². The number of piperidine rings is 1. The molecule has 0 saturated carbocycles. The van der Waals surface area contributed by atoms with E-state index in [9.17, 15) is 4.79 Å². The molecule has 0 bridgehead atoms. The van der Waals surface area contributed by atoms with Gasteiger partial charge in [-0.25, -0.2) is 0 Å². The summed E-state index contributed by atoms with van der Waals surface area (Å²) in [6.07, 6.45) is 6.89. The van der Waals surface area contributed by atoms with Gasteiger partial charge >= 0.3 is 0 Å². The average Bonchev–Trinajstić information content (AvgIpc) is 3.22. The van der Waals surface area contributed by atoms with Crippen molar-refractivity contribution in [3.63, 3.8) is 0 Å². The molecule has 0 radical (unpaired) electrons. The molecule has 2 aromatic heterocycles. The van der Waals surface area contributed by atoms with Crippen molar-refractivity contribution in [1.29, 1.82) is 0 Å². The van der Waals surface area contributed by atoms with E-state index in [1.165, 1.54) is 0 Å². The highest BCUT2D eigenvalue weighted by Crippen LogP contribution is 2.32. The Bertz CT molecular complexity index is 912. The minimum absolute atomic E-state index is 0.0274. The van der Waals surface area contributed by atoms with Crippen molar-refractivity contribution in [1.82, 2.24) is 25.1 Å². The summed E-state index contributed by atoms with van der Waals surface area (Å²) in [5.41, 5.74) is 3.20. The number of H-pyrrole nitrogens is 1. The van der Waals surface area contributed by atoms with Crippen LogP contribution in [0.5, 0.6) is 0 Å². The van der Waals surface area contributed by atoms with E-state index in [-0.39, 0.29) is 11.8 Å². The number of aromatic nitrogens is 4. The van der Waals surface area contributed by atoms with Crippen LogP contribution in [-0.4, -0.2) is 44.1 Å². The van der Waals surface area contributed by atoms with Crippen LogP contribution in [0.3, 0.4) is 0 Å². The van der Waals surface area contributed by atoms with Crippen molar-refractivity contribution >= 4 is 17.5 Å². The Hall–Kier alpha value is -2.73. The van der Waals surface area contributed by atoms with Gasteiger partial charge in [-0.05, 0) is 31.0 Å². The summed E-state index contributed by atoms with van der Waals surface area (Å²) < 4.78 is 0. The first-order valence-electron chi connectivity index (χ1n) is 8.58. The number of carbonyl (C=O) groups is 1. The Morgan fingerprint density at radius 1 is 1.19 bits per heavy atom. The van der Waals surface area contributed by atoms with Crippen LogP contribution in [0.2, 0.25) is 5.02 Å². The predicted molar refractivity (Wildman–Crippen MR) is 98.9 cm³/mol. The fraction of sp³-hybridized carbons (Fsp3) is 0.263. The number of hydrogen-bond donors (Lipinski definition) is 1. The molecule has 1 unspecified atom stereocenters. The van der Waals surface area contributed by atoms with E-state index in [0.717, 1.165) is 36.3 Å². The van der Waals surface area contributed by atoms with Crippen LogP contribution < -0.4 is 0 Å². The fourth-order valence-electron chi connectivity index (χ4n) is 3.44. The number of amides is 1. The van der Waals surface area contributed by atoms with Gasteiger partial charge < -0.3 is 4.90 Å². The van der Waals surface area contributed by atoms with E-state index in [2.05, 4.69) is 20.2 Å². The van der Waals surface area contributed by atoms with E-state index < -0.39 is 0 Å². The summed E-state index contributed by atoms with van der Waals surface area (Å²) in [5, 5.41) is 7.28. The first-order chi connectivity index (χ1) is 12.7. The molecule has 132 valence electrons. The lowest BCUT2D eigenvalue weighted by Crippen LogP contribution is -2.39. The van der Waals surface area contributed by atoms with Gasteiger partial charge in [-0.2, -0.15) is 5.10 Å². The first kappa shape index (κ1) is 16.7. The molecule has 6 nitrogen and oxygen atoms in total. The van der Waals surface area contributed by atoms with Gasteiger partial charge in [0.15, 0.2) is 0 Å². The molecule has 3 heterocycles. The maximum atomic E-state index is 12.6. The van der Waals surface area contributed by atoms with Gasteiger partial charge in [0.2, 0.25) is 0 Å². The number of halogens is 1. The third-order valence-electron chi connectivity index (χ3n) is 4.65. The molecule has 1 aliphatic rings. The summed E-state index contributed by atoms with van der Waals surface area (Å²) in [6.45, 7) is 1.35. The Morgan fingerprint density at radius 2 is 2.08 bits per heavy atom. The van der Waals surface area contributed by atoms with E-state index in [4.69, 9.17) is 11.6 Å². The largest absolute Gasteiger partial charge is 0.337 e. The van der Waals surface area contributed by atoms with Gasteiger partial charge in [0.25, 0.3) is 5.91 Å². The molecule has 1 fully saturated rings. The highest BCUT2D eigenvalue weighted by Gasteiger charge is 2.28. The summed E-state index contributed by atoms with van der Waals surface area (Å²) in [6, 6.07) is 9.32. The first-order valence-corrected chi connectivity index (χ1v) is 8.95. The molecule has 7 heteroatoms. The second kappa shape index (κ2) is 7.25. The maximum Gasteiger partial charge on any atom is 0.271 e. The van der Waals surface area contributed by atoms with Crippen LogP contribution in [-0.2, 0) is 0 Å². The molecule has 3 aromatic rings. The zero-order chi connectivity index (χ0) is 17.9. The number of rotatable bonds is 3. The number of likely N-dealkylation sites (tertiary alicyclic amines) is 1. The summed E-state index contributed by atoms with van der Waals surface area (Å²) in [7, 11) is 0. The van der Waals surface area contributed by atoms with Crippen LogP contribution in [0, 0.1) is 0 Å². The number of benzene rings is 1. The van der Waals surface area contributed by atoms with E-state index in [1.54, 1.807) is 24.7 Å². The molecule has 1 aliphatic heterocycles. The monoisotopic (exact) mass is 367 g/mol. The van der Waals surface area contributed by atoms with Crippen LogP contribution >= 0.6 is 11.6 Å². The number of aromatic amines is 1. The van der Waals surface area contributed by atoms with Crippen molar-refractivity contribution in [2.24, 2.45) is 0 Å². The molecule has 0 spiro atoms. The van der Waals surface area contributed by atoms with Crippen LogP contribution in [0.15, 0.2) is 48.9 Å². The van der Waals surface area contributed by atoms with E-state index in [1.807, 2.05) is 29.2 Å². The third kappa shape index (κ3) is 3.32. The van der Waals surface area contributed by atoms with Crippen LogP contribution in [0.4, 0.5) is 0 Å². The summed E-state index contributed by atoms with van der Waals surface area (Å²) >= 11 is 6.14. The Kier molecular flexibility index (Phi) is 4.67. The second-order valence-electron chi connectivity index (χ2n) is 6.36.